The van der Waals surface area contributed by atoms with Crippen LogP contribution in [0.4, 0.5) is 10.3 Å². The van der Waals surface area contributed by atoms with Crippen LogP contribution in [0.3, 0.4) is 0 Å². The number of carbonyl (C=O) groups is 1. The molecule has 2 aromatic rings. The number of anilines is 1. The smallest absolute Gasteiger partial charge is 0.225 e. The van der Waals surface area contributed by atoms with Crippen LogP contribution in [0.1, 0.15) is 38.2 Å². The Labute approximate surface area is 204 Å². The minimum atomic E-state index is -0.454. The van der Waals surface area contributed by atoms with E-state index in [1.807, 2.05) is 0 Å². The van der Waals surface area contributed by atoms with Gasteiger partial charge >= 0.3 is 0 Å². The zero-order valence-corrected chi connectivity index (χ0v) is 20.2. The maximum atomic E-state index is 14.4. The van der Waals surface area contributed by atoms with E-state index >= 15 is 0 Å². The first kappa shape index (κ1) is 24.7. The van der Waals surface area contributed by atoms with E-state index in [2.05, 4.69) is 20.2 Å². The van der Waals surface area contributed by atoms with Crippen LogP contribution in [0, 0.1) is 23.6 Å². The standard InChI is InChI=1S/C25H32ClFN4O3/c1-16(15-32)30-24(33)11-19-2-3-21(12-23(19)27)34-9-6-18-10-22(18)17-4-7-31(8-5-17)25-28-13-20(26)14-29-25/h2-3,12-14,16-18,22,32H,4-11,15H2,1H3,(H,30,33). The number of hydrogen-bond acceptors (Lipinski definition) is 6. The van der Waals surface area contributed by atoms with E-state index < -0.39 is 5.82 Å². The van der Waals surface area contributed by atoms with Crippen LogP contribution in [0.25, 0.3) is 0 Å². The molecule has 4 rings (SSSR count). The van der Waals surface area contributed by atoms with E-state index in [0.717, 1.165) is 50.1 Å². The average molecular weight is 491 g/mol. The summed E-state index contributed by atoms with van der Waals surface area (Å²) in [6.45, 7) is 4.03. The molecule has 184 valence electrons. The molecule has 2 fully saturated rings. The third-order valence-electron chi connectivity index (χ3n) is 6.83. The highest BCUT2D eigenvalue weighted by Gasteiger charge is 2.43. The second kappa shape index (κ2) is 11.3. The summed E-state index contributed by atoms with van der Waals surface area (Å²) in [6.07, 6.45) is 7.71. The largest absolute Gasteiger partial charge is 0.493 e. The van der Waals surface area contributed by atoms with Crippen molar-refractivity contribution in [1.29, 1.82) is 0 Å². The summed E-state index contributed by atoms with van der Waals surface area (Å²) in [6, 6.07) is 4.29. The molecule has 3 atom stereocenters. The first-order valence-corrected chi connectivity index (χ1v) is 12.3. The number of carbonyl (C=O) groups excluding carboxylic acids is 1. The summed E-state index contributed by atoms with van der Waals surface area (Å²) in [4.78, 5) is 22.8. The molecule has 9 heteroatoms. The van der Waals surface area contributed by atoms with Crippen LogP contribution in [0.2, 0.25) is 5.02 Å². The van der Waals surface area contributed by atoms with Gasteiger partial charge in [0.1, 0.15) is 11.6 Å². The highest BCUT2D eigenvalue weighted by atomic mass is 35.5. The number of aliphatic hydroxyl groups excluding tert-OH is 1. The molecular weight excluding hydrogens is 459 g/mol. The van der Waals surface area contributed by atoms with E-state index in [1.54, 1.807) is 31.5 Å². The zero-order chi connectivity index (χ0) is 24.1. The molecule has 0 bridgehead atoms. The second-order valence-electron chi connectivity index (χ2n) is 9.40. The van der Waals surface area contributed by atoms with Gasteiger partial charge in [-0.05, 0) is 62.0 Å². The zero-order valence-electron chi connectivity index (χ0n) is 19.4. The number of nitrogens with one attached hydrogen (secondary N) is 1. The molecule has 1 aromatic carbocycles. The molecule has 1 aliphatic carbocycles. The average Bonchev–Trinajstić information content (AvgIpc) is 3.61. The van der Waals surface area contributed by atoms with Gasteiger partial charge in [-0.1, -0.05) is 17.7 Å². The van der Waals surface area contributed by atoms with E-state index in [4.69, 9.17) is 21.4 Å². The van der Waals surface area contributed by atoms with Crippen molar-refractivity contribution in [1.82, 2.24) is 15.3 Å². The third-order valence-corrected chi connectivity index (χ3v) is 7.02. The molecule has 1 saturated heterocycles. The number of hydrogen-bond donors (Lipinski definition) is 2. The van der Waals surface area contributed by atoms with Crippen LogP contribution in [0.15, 0.2) is 30.6 Å². The first-order valence-electron chi connectivity index (χ1n) is 12.0. The lowest BCUT2D eigenvalue weighted by Gasteiger charge is -2.32. The van der Waals surface area contributed by atoms with Crippen molar-refractivity contribution >= 4 is 23.5 Å². The molecule has 3 unspecified atom stereocenters. The molecule has 1 aromatic heterocycles. The minimum Gasteiger partial charge on any atom is -0.493 e. The molecular formula is C25H32ClFN4O3. The number of aromatic nitrogens is 2. The molecule has 7 nitrogen and oxygen atoms in total. The first-order chi connectivity index (χ1) is 16.4. The number of halogens is 2. The Morgan fingerprint density at radius 3 is 2.74 bits per heavy atom. The number of aliphatic hydroxyl groups is 1. The third kappa shape index (κ3) is 6.57. The fourth-order valence-corrected chi connectivity index (χ4v) is 4.91. The lowest BCUT2D eigenvalue weighted by Crippen LogP contribution is -2.36. The maximum Gasteiger partial charge on any atom is 0.225 e. The van der Waals surface area contributed by atoms with Gasteiger partial charge in [0.2, 0.25) is 11.9 Å². The van der Waals surface area contributed by atoms with Gasteiger partial charge in [0, 0.05) is 25.2 Å². The van der Waals surface area contributed by atoms with Gasteiger partial charge in [0.25, 0.3) is 0 Å². The van der Waals surface area contributed by atoms with Crippen LogP contribution < -0.4 is 15.0 Å². The number of nitrogens with zero attached hydrogens (tertiary/aromatic N) is 3. The van der Waals surface area contributed by atoms with Gasteiger partial charge in [-0.15, -0.1) is 0 Å². The Morgan fingerprint density at radius 1 is 1.32 bits per heavy atom. The van der Waals surface area contributed by atoms with Crippen LogP contribution in [-0.4, -0.2) is 53.3 Å². The lowest BCUT2D eigenvalue weighted by molar-refractivity contribution is -0.121. The molecule has 2 N–H and O–H groups in total. The minimum absolute atomic E-state index is 0.0663. The summed E-state index contributed by atoms with van der Waals surface area (Å²) in [7, 11) is 0. The predicted octanol–water partition coefficient (Wildman–Crippen LogP) is 3.63. The fraction of sp³-hybridized carbons (Fsp3) is 0.560. The van der Waals surface area contributed by atoms with Crippen molar-refractivity contribution in [3.05, 3.63) is 47.0 Å². The molecule has 2 heterocycles. The summed E-state index contributed by atoms with van der Waals surface area (Å²) < 4.78 is 20.2. The summed E-state index contributed by atoms with van der Waals surface area (Å²) in [5.74, 6) is 2.61. The molecule has 1 aliphatic heterocycles. The second-order valence-corrected chi connectivity index (χ2v) is 9.84. The number of piperidine rings is 1. The normalized spacial score (nSPS) is 21.2. The number of rotatable bonds is 10. The van der Waals surface area contributed by atoms with Gasteiger partial charge < -0.3 is 20.1 Å². The van der Waals surface area contributed by atoms with Crippen LogP contribution >= 0.6 is 11.6 Å². The maximum absolute atomic E-state index is 14.4. The topological polar surface area (TPSA) is 87.6 Å². The van der Waals surface area contributed by atoms with Crippen LogP contribution in [-0.2, 0) is 11.2 Å². The number of amides is 1. The van der Waals surface area contributed by atoms with Crippen molar-refractivity contribution in [3.63, 3.8) is 0 Å². The van der Waals surface area contributed by atoms with Crippen LogP contribution in [0.5, 0.6) is 5.75 Å². The van der Waals surface area contributed by atoms with Crippen molar-refractivity contribution < 1.29 is 19.0 Å². The van der Waals surface area contributed by atoms with E-state index in [1.165, 1.54) is 12.5 Å². The molecule has 2 aliphatic rings. The van der Waals surface area contributed by atoms with E-state index in [9.17, 15) is 9.18 Å². The summed E-state index contributed by atoms with van der Waals surface area (Å²) >= 11 is 5.88. The monoisotopic (exact) mass is 490 g/mol. The van der Waals surface area contributed by atoms with Crippen molar-refractivity contribution in [3.8, 4) is 5.75 Å². The van der Waals surface area contributed by atoms with Gasteiger partial charge in [-0.25, -0.2) is 14.4 Å². The quantitative estimate of drug-likeness (QED) is 0.529. The lowest BCUT2D eigenvalue weighted by atomic mass is 9.90. The van der Waals surface area contributed by atoms with Crippen molar-refractivity contribution in [2.75, 3.05) is 31.2 Å². The summed E-state index contributed by atoms with van der Waals surface area (Å²) in [5, 5.41) is 12.2. The molecule has 1 amide bonds. The predicted molar refractivity (Wildman–Crippen MR) is 128 cm³/mol. The molecule has 0 radical (unpaired) electrons. The highest BCUT2D eigenvalue weighted by molar-refractivity contribution is 6.30. The van der Waals surface area contributed by atoms with E-state index in [-0.39, 0.29) is 25.0 Å². The Hall–Kier alpha value is -2.45. The van der Waals surface area contributed by atoms with Gasteiger partial charge in [-0.3, -0.25) is 4.79 Å². The Morgan fingerprint density at radius 2 is 2.06 bits per heavy atom. The van der Waals surface area contributed by atoms with Gasteiger partial charge in [0.05, 0.1) is 37.1 Å². The number of ether oxygens (including phenoxy) is 1. The van der Waals surface area contributed by atoms with Gasteiger partial charge in [0.15, 0.2) is 0 Å². The number of benzene rings is 1. The van der Waals surface area contributed by atoms with E-state index in [0.29, 0.717) is 28.9 Å². The van der Waals surface area contributed by atoms with Crippen molar-refractivity contribution in [2.45, 2.75) is 45.1 Å². The highest BCUT2D eigenvalue weighted by Crippen LogP contribution is 2.49. The molecule has 0 spiro atoms. The summed E-state index contributed by atoms with van der Waals surface area (Å²) in [5.41, 5.74) is 0.313. The Balaban J connectivity index is 1.16. The molecule has 34 heavy (non-hydrogen) atoms. The molecule has 1 saturated carbocycles. The Kier molecular flexibility index (Phi) is 8.21. The van der Waals surface area contributed by atoms with Crippen molar-refractivity contribution in [2.24, 2.45) is 17.8 Å². The fourth-order valence-electron chi connectivity index (χ4n) is 4.81. The van der Waals surface area contributed by atoms with Gasteiger partial charge in [-0.2, -0.15) is 0 Å². The Bertz CT molecular complexity index is 969. The SMILES string of the molecule is CC(CO)NC(=O)Cc1ccc(OCCC2CC2C2CCN(c3ncc(Cl)cn3)CC2)cc1F.